The number of aromatic nitrogens is 3. The molecular weight excluding hydrogens is 271 g/mol. The molecule has 5 nitrogen and oxygen atoms in total. The number of anilines is 1. The summed E-state index contributed by atoms with van der Waals surface area (Å²) in [4.78, 5) is 7.88. The predicted octanol–water partition coefficient (Wildman–Crippen LogP) is 1.51. The molecule has 2 N–H and O–H groups in total. The van der Waals surface area contributed by atoms with Crippen LogP contribution in [0.1, 0.15) is 0 Å². The first-order valence-corrected chi connectivity index (χ1v) is 4.57. The van der Waals surface area contributed by atoms with Gasteiger partial charge >= 0.3 is 0 Å². The molecule has 7 heteroatoms. The number of hydrogen-bond acceptors (Lipinski definition) is 4. The number of nitrogen functional groups attached to an aromatic ring is 1. The van der Waals surface area contributed by atoms with Gasteiger partial charge in [0.1, 0.15) is 17.2 Å². The second-order valence-corrected chi connectivity index (χ2v) is 3.27. The molecule has 0 bridgehead atoms. The van der Waals surface area contributed by atoms with Crippen LogP contribution in [-0.4, -0.2) is 21.6 Å². The van der Waals surface area contributed by atoms with Crippen molar-refractivity contribution in [2.45, 2.75) is 0 Å². The van der Waals surface area contributed by atoms with Crippen molar-refractivity contribution < 1.29 is 21.8 Å². The molecule has 2 aromatic heterocycles. The Morgan fingerprint density at radius 2 is 2.19 bits per heavy atom. The molecule has 0 spiro atoms. The van der Waals surface area contributed by atoms with Gasteiger partial charge in [-0.3, -0.25) is 9.55 Å². The monoisotopic (exact) mass is 280 g/mol. The molecule has 0 saturated carbocycles. The van der Waals surface area contributed by atoms with Crippen LogP contribution in [0.25, 0.3) is 5.69 Å². The van der Waals surface area contributed by atoms with Crippen LogP contribution in [0.3, 0.4) is 0 Å². The molecule has 86 valence electrons. The number of nitrogens with two attached hydrogens (primary N) is 1. The maximum Gasteiger partial charge on any atom is 0.168 e. The topological polar surface area (TPSA) is 66.0 Å². The van der Waals surface area contributed by atoms with Crippen molar-refractivity contribution >= 4 is 17.3 Å². The van der Waals surface area contributed by atoms with E-state index in [0.717, 1.165) is 0 Å². The minimum Gasteiger partial charge on any atom is -0.492 e. The number of nitrogens with zero attached hydrogens (tertiary/aromatic N) is 3. The standard InChI is InChI=1S/C9H9ClN4O.Fe/c1-15-9-6(11)2-12-3-7(9)14-4-8(10)13-5-14;/h2-5H,11H2,1H3;. The molecule has 0 amide bonds. The predicted molar refractivity (Wildman–Crippen MR) is 57.3 cm³/mol. The molecule has 0 saturated heterocycles. The molecule has 0 aliphatic carbocycles. The van der Waals surface area contributed by atoms with Gasteiger partial charge in [-0.1, -0.05) is 11.6 Å². The van der Waals surface area contributed by atoms with Gasteiger partial charge in [0.05, 0.1) is 25.2 Å². The Balaban J connectivity index is 0.00000128. The molecular formula is C9H9ClFeN4O. The van der Waals surface area contributed by atoms with E-state index in [0.29, 0.717) is 22.3 Å². The zero-order chi connectivity index (χ0) is 10.8. The van der Waals surface area contributed by atoms with Crippen molar-refractivity contribution in [1.82, 2.24) is 14.5 Å². The molecule has 2 heterocycles. The van der Waals surface area contributed by atoms with Crippen LogP contribution in [-0.2, 0) is 17.1 Å². The number of ether oxygens (including phenoxy) is 1. The molecule has 2 rings (SSSR count). The summed E-state index contributed by atoms with van der Waals surface area (Å²) in [7, 11) is 1.55. The third-order valence-corrected chi connectivity index (χ3v) is 2.13. The van der Waals surface area contributed by atoms with Crippen molar-refractivity contribution in [2.24, 2.45) is 0 Å². The Bertz CT molecular complexity index is 488. The van der Waals surface area contributed by atoms with Crippen LogP contribution in [0.4, 0.5) is 5.69 Å². The quantitative estimate of drug-likeness (QED) is 0.847. The summed E-state index contributed by atoms with van der Waals surface area (Å²) in [6, 6.07) is 0. The molecule has 2 aromatic rings. The summed E-state index contributed by atoms with van der Waals surface area (Å²) in [5, 5.41) is 0.402. The largest absolute Gasteiger partial charge is 0.492 e. The first-order valence-electron chi connectivity index (χ1n) is 4.19. The average Bonchev–Trinajstić information content (AvgIpc) is 2.64. The smallest absolute Gasteiger partial charge is 0.168 e. The van der Waals surface area contributed by atoms with E-state index in [1.54, 1.807) is 30.4 Å². The third kappa shape index (κ3) is 2.29. The Morgan fingerprint density at radius 3 is 2.75 bits per heavy atom. The molecule has 16 heavy (non-hydrogen) atoms. The van der Waals surface area contributed by atoms with Gasteiger partial charge in [0, 0.05) is 23.3 Å². The van der Waals surface area contributed by atoms with E-state index in [9.17, 15) is 0 Å². The Morgan fingerprint density at radius 1 is 1.44 bits per heavy atom. The van der Waals surface area contributed by atoms with Crippen molar-refractivity contribution in [3.63, 3.8) is 0 Å². The molecule has 0 aliphatic heterocycles. The van der Waals surface area contributed by atoms with E-state index in [2.05, 4.69) is 9.97 Å². The van der Waals surface area contributed by atoms with Crippen LogP contribution in [0.5, 0.6) is 5.75 Å². The number of hydrogen-bond donors (Lipinski definition) is 1. The molecule has 0 unspecified atom stereocenters. The van der Waals surface area contributed by atoms with Gasteiger partial charge in [-0.25, -0.2) is 4.98 Å². The van der Waals surface area contributed by atoms with Gasteiger partial charge in [0.15, 0.2) is 5.75 Å². The second kappa shape index (κ2) is 5.20. The maximum absolute atomic E-state index is 5.72. The van der Waals surface area contributed by atoms with Gasteiger partial charge in [-0.05, 0) is 0 Å². The van der Waals surface area contributed by atoms with Crippen LogP contribution >= 0.6 is 11.6 Å². The molecule has 0 radical (unpaired) electrons. The number of halogens is 1. The summed E-state index contributed by atoms with van der Waals surface area (Å²) < 4.78 is 6.88. The third-order valence-electron chi connectivity index (χ3n) is 1.94. The molecule has 0 aromatic carbocycles. The van der Waals surface area contributed by atoms with Gasteiger partial charge in [0.25, 0.3) is 0 Å². The summed E-state index contributed by atoms with van der Waals surface area (Å²) in [6.45, 7) is 0. The first kappa shape index (κ1) is 12.8. The van der Waals surface area contributed by atoms with E-state index in [1.807, 2.05) is 0 Å². The van der Waals surface area contributed by atoms with Gasteiger partial charge in [-0.2, -0.15) is 0 Å². The SMILES string of the molecule is COc1c(N)cncc1-n1cnc(Cl)c1.[Fe]. The Kier molecular flexibility index (Phi) is 4.18. The molecule has 0 aliphatic rings. The van der Waals surface area contributed by atoms with Crippen molar-refractivity contribution in [2.75, 3.05) is 12.8 Å². The maximum atomic E-state index is 5.72. The normalized spacial score (nSPS) is 9.62. The summed E-state index contributed by atoms with van der Waals surface area (Å²) >= 11 is 5.72. The van der Waals surface area contributed by atoms with Crippen LogP contribution < -0.4 is 10.5 Å². The minimum atomic E-state index is 0. The Hall–Kier alpha value is -1.23. The van der Waals surface area contributed by atoms with Crippen molar-refractivity contribution in [1.29, 1.82) is 0 Å². The molecule has 0 fully saturated rings. The fourth-order valence-corrected chi connectivity index (χ4v) is 1.44. The van der Waals surface area contributed by atoms with E-state index >= 15 is 0 Å². The van der Waals surface area contributed by atoms with E-state index in [-0.39, 0.29) is 17.1 Å². The second-order valence-electron chi connectivity index (χ2n) is 2.88. The Labute approximate surface area is 108 Å². The zero-order valence-electron chi connectivity index (χ0n) is 8.37. The van der Waals surface area contributed by atoms with Gasteiger partial charge in [0.2, 0.25) is 0 Å². The number of methoxy groups -OCH3 is 1. The first-order chi connectivity index (χ1) is 7.22. The fourth-order valence-electron chi connectivity index (χ4n) is 1.29. The van der Waals surface area contributed by atoms with Crippen molar-refractivity contribution in [3.8, 4) is 11.4 Å². The van der Waals surface area contributed by atoms with Gasteiger partial charge < -0.3 is 10.5 Å². The zero-order valence-corrected chi connectivity index (χ0v) is 10.2. The minimum absolute atomic E-state index is 0. The van der Waals surface area contributed by atoms with E-state index < -0.39 is 0 Å². The summed E-state index contributed by atoms with van der Waals surface area (Å²) in [5.41, 5.74) is 6.90. The number of rotatable bonds is 2. The van der Waals surface area contributed by atoms with E-state index in [4.69, 9.17) is 22.1 Å². The van der Waals surface area contributed by atoms with E-state index in [1.165, 1.54) is 6.20 Å². The van der Waals surface area contributed by atoms with Crippen molar-refractivity contribution in [3.05, 3.63) is 30.1 Å². The fraction of sp³-hybridized carbons (Fsp3) is 0.111. The number of pyridine rings is 1. The van der Waals surface area contributed by atoms with Crippen LogP contribution in [0.15, 0.2) is 24.9 Å². The number of imidazole rings is 1. The summed E-state index contributed by atoms with van der Waals surface area (Å²) in [5.74, 6) is 0.555. The van der Waals surface area contributed by atoms with Crippen LogP contribution in [0.2, 0.25) is 5.15 Å². The molecule has 0 atom stereocenters. The van der Waals surface area contributed by atoms with Crippen LogP contribution in [0, 0.1) is 0 Å². The van der Waals surface area contributed by atoms with Gasteiger partial charge in [-0.15, -0.1) is 0 Å². The average molecular weight is 280 g/mol. The summed E-state index contributed by atoms with van der Waals surface area (Å²) in [6.07, 6.45) is 6.38.